The molecule has 0 unspecified atom stereocenters. The number of ether oxygens (including phenoxy) is 7. The molecule has 5 aliphatic rings. The molecule has 2 aliphatic carbocycles. The second-order valence-electron chi connectivity index (χ2n) is 16.4. The number of carbonyl (C=O) groups is 3. The van der Waals surface area contributed by atoms with Crippen molar-refractivity contribution in [3.8, 4) is 11.5 Å². The molecule has 0 bridgehead atoms. The second kappa shape index (κ2) is 15.9. The van der Waals surface area contributed by atoms with Gasteiger partial charge in [0, 0.05) is 48.4 Å². The van der Waals surface area contributed by atoms with Crippen LogP contribution in [0.2, 0.25) is 0 Å². The van der Waals surface area contributed by atoms with Crippen LogP contribution >= 0.6 is 0 Å². The van der Waals surface area contributed by atoms with Gasteiger partial charge in [-0.05, 0) is 65.9 Å². The van der Waals surface area contributed by atoms with Gasteiger partial charge in [-0.2, -0.15) is 0 Å². The van der Waals surface area contributed by atoms with Gasteiger partial charge in [-0.3, -0.25) is 14.4 Å². The second-order valence-corrected chi connectivity index (χ2v) is 16.4. The van der Waals surface area contributed by atoms with Gasteiger partial charge in [0.15, 0.2) is 24.7 Å². The van der Waals surface area contributed by atoms with Gasteiger partial charge >= 0.3 is 5.97 Å². The summed E-state index contributed by atoms with van der Waals surface area (Å²) in [5, 5.41) is 55.5. The van der Waals surface area contributed by atoms with Crippen molar-refractivity contribution in [1.29, 1.82) is 0 Å². The summed E-state index contributed by atoms with van der Waals surface area (Å²) in [5.41, 5.74) is -2.56. The Morgan fingerprint density at radius 3 is 2.12 bits per heavy atom. The standard InChI is InChI=1S/C41H53NO15/c1-17-24(43)11-12-28(52-17)56-39-19(3)54-30(15-26(39)45)57-38-18(2)53-29(14-23(38)42(5)6)55-27-16-41(4,50)34(40(49)51-7)21-13-22-33(37(48)32(21)27)36(47)31-20(35(22)46)9-8-10-25(31)44/h8-10,13,17-19,23-24,26-30,34,38-39,43-45,48,50H,11-12,14-16H2,1-7H3/t17-,18+,19+,23+,24+,26+,27-,28-,29+,30+,34-,38-,39-,41+/m0/s1. The quantitative estimate of drug-likeness (QED) is 0.207. The predicted octanol–water partition coefficient (Wildman–Crippen LogP) is 2.56. The molecule has 5 N–H and O–H groups in total. The number of aromatic hydroxyl groups is 2. The third kappa shape index (κ3) is 7.61. The van der Waals surface area contributed by atoms with Gasteiger partial charge in [-0.15, -0.1) is 0 Å². The molecule has 16 heteroatoms. The molecule has 3 saturated heterocycles. The number of hydrogen-bond acceptors (Lipinski definition) is 16. The Hall–Kier alpha value is -3.55. The summed E-state index contributed by atoms with van der Waals surface area (Å²) in [7, 11) is 4.91. The first-order valence-corrected chi connectivity index (χ1v) is 19.5. The summed E-state index contributed by atoms with van der Waals surface area (Å²) < 4.78 is 42.6. The molecule has 0 spiro atoms. The van der Waals surface area contributed by atoms with Crippen molar-refractivity contribution in [2.75, 3.05) is 21.2 Å². The zero-order valence-corrected chi connectivity index (χ0v) is 33.1. The van der Waals surface area contributed by atoms with E-state index < -0.39 is 108 Å². The summed E-state index contributed by atoms with van der Waals surface area (Å²) in [5.74, 6) is -4.63. The number of fused-ring (bicyclic) bond motifs is 3. The van der Waals surface area contributed by atoms with E-state index in [0.717, 1.165) is 7.11 Å². The maximum atomic E-state index is 13.9. The number of rotatable bonds is 8. The number of aliphatic hydroxyl groups is 3. The van der Waals surface area contributed by atoms with Crippen molar-refractivity contribution in [3.05, 3.63) is 57.6 Å². The third-order valence-corrected chi connectivity index (χ3v) is 12.1. The van der Waals surface area contributed by atoms with Gasteiger partial charge in [0.2, 0.25) is 5.78 Å². The largest absolute Gasteiger partial charge is 0.507 e. The molecule has 3 fully saturated rings. The number of esters is 1. The number of benzene rings is 2. The van der Waals surface area contributed by atoms with E-state index in [1.807, 2.05) is 25.9 Å². The van der Waals surface area contributed by atoms with E-state index in [4.69, 9.17) is 33.2 Å². The molecule has 14 atom stereocenters. The zero-order chi connectivity index (χ0) is 41.2. The van der Waals surface area contributed by atoms with Crippen LogP contribution in [-0.2, 0) is 38.0 Å². The first-order valence-electron chi connectivity index (χ1n) is 19.5. The number of phenols is 2. The molecule has 0 saturated carbocycles. The molecule has 3 heterocycles. The first-order chi connectivity index (χ1) is 26.9. The van der Waals surface area contributed by atoms with Gasteiger partial charge in [-0.1, -0.05) is 12.1 Å². The smallest absolute Gasteiger partial charge is 0.316 e. The van der Waals surface area contributed by atoms with Gasteiger partial charge in [0.25, 0.3) is 0 Å². The normalized spacial score (nSPS) is 38.0. The summed E-state index contributed by atoms with van der Waals surface area (Å²) in [4.78, 5) is 42.8. The summed E-state index contributed by atoms with van der Waals surface area (Å²) in [6, 6.07) is 5.09. The van der Waals surface area contributed by atoms with E-state index in [2.05, 4.69) is 0 Å². The number of hydrogen-bond donors (Lipinski definition) is 5. The molecule has 3 aliphatic heterocycles. The van der Waals surface area contributed by atoms with Crippen LogP contribution in [0, 0.1) is 0 Å². The molecule has 57 heavy (non-hydrogen) atoms. The number of likely N-dealkylation sites (N-methyl/N-ethyl adjacent to an activating group) is 1. The maximum Gasteiger partial charge on any atom is 0.316 e. The highest BCUT2D eigenvalue weighted by molar-refractivity contribution is 6.30. The number of carbonyl (C=O) groups excluding carboxylic acids is 3. The van der Waals surface area contributed by atoms with Crippen LogP contribution in [-0.4, -0.2) is 142 Å². The lowest BCUT2D eigenvalue weighted by Crippen LogP contribution is -2.58. The van der Waals surface area contributed by atoms with Crippen molar-refractivity contribution in [2.45, 2.75) is 145 Å². The highest BCUT2D eigenvalue weighted by atomic mass is 16.7. The highest BCUT2D eigenvalue weighted by Crippen LogP contribution is 2.53. The van der Waals surface area contributed by atoms with Crippen LogP contribution in [0.5, 0.6) is 11.5 Å². The maximum absolute atomic E-state index is 13.9. The topological polar surface area (TPSA) is 220 Å². The Labute approximate surface area is 330 Å². The van der Waals surface area contributed by atoms with Crippen LogP contribution in [0.1, 0.15) is 115 Å². The SMILES string of the molecule is COC(=O)[C@@H]1c2cc3c(c(O)c2[C@@H](O[C@@H]2C[C@@H](N(C)C)[C@@H](O[C@@H]4C[C@@H](O)[C@@H](O[C@H]5CC[C@@H](O)[C@H](C)O5)[C@@H](C)O4)[C@@H](C)O2)C[C@@]1(C)O)C(=O)c1c(O)cccc1C3=O. The summed E-state index contributed by atoms with van der Waals surface area (Å²) in [6.07, 6.45) is -6.61. The molecule has 7 rings (SSSR count). The van der Waals surface area contributed by atoms with Gasteiger partial charge in [0.1, 0.15) is 29.6 Å². The van der Waals surface area contributed by atoms with Crippen molar-refractivity contribution < 1.29 is 73.1 Å². The van der Waals surface area contributed by atoms with Crippen molar-refractivity contribution in [1.82, 2.24) is 4.90 Å². The van der Waals surface area contributed by atoms with E-state index in [-0.39, 0.29) is 58.7 Å². The number of nitrogens with zero attached hydrogens (tertiary/aromatic N) is 1. The molecular weight excluding hydrogens is 746 g/mol. The molecule has 0 aromatic heterocycles. The zero-order valence-electron chi connectivity index (χ0n) is 33.1. The average molecular weight is 800 g/mol. The van der Waals surface area contributed by atoms with Crippen LogP contribution in [0.3, 0.4) is 0 Å². The monoisotopic (exact) mass is 799 g/mol. The number of aliphatic hydroxyl groups excluding tert-OH is 2. The lowest BCUT2D eigenvalue weighted by molar-refractivity contribution is -0.328. The van der Waals surface area contributed by atoms with E-state index in [1.165, 1.54) is 31.2 Å². The Bertz CT molecular complexity index is 1870. The highest BCUT2D eigenvalue weighted by Gasteiger charge is 2.52. The lowest BCUT2D eigenvalue weighted by atomic mass is 9.68. The summed E-state index contributed by atoms with van der Waals surface area (Å²) in [6.45, 7) is 6.81. The first kappa shape index (κ1) is 41.6. The minimum Gasteiger partial charge on any atom is -0.507 e. The fourth-order valence-corrected chi connectivity index (χ4v) is 9.16. The van der Waals surface area contributed by atoms with E-state index in [0.29, 0.717) is 12.8 Å². The van der Waals surface area contributed by atoms with Gasteiger partial charge in [-0.25, -0.2) is 0 Å². The fourth-order valence-electron chi connectivity index (χ4n) is 9.16. The van der Waals surface area contributed by atoms with Crippen molar-refractivity contribution >= 4 is 17.5 Å². The van der Waals surface area contributed by atoms with Crippen LogP contribution < -0.4 is 0 Å². The molecule has 2 aromatic rings. The molecule has 312 valence electrons. The molecule has 16 nitrogen and oxygen atoms in total. The Balaban J connectivity index is 1.12. The van der Waals surface area contributed by atoms with Crippen LogP contribution in [0.15, 0.2) is 24.3 Å². The molecular formula is C41H53NO15. The van der Waals surface area contributed by atoms with Crippen LogP contribution in [0.4, 0.5) is 0 Å². The number of ketones is 2. The Morgan fingerprint density at radius 2 is 1.47 bits per heavy atom. The Morgan fingerprint density at radius 1 is 0.825 bits per heavy atom. The molecule has 2 aromatic carbocycles. The van der Waals surface area contributed by atoms with E-state index in [9.17, 15) is 39.9 Å². The van der Waals surface area contributed by atoms with Crippen LogP contribution in [0.25, 0.3) is 0 Å². The van der Waals surface area contributed by atoms with Crippen molar-refractivity contribution in [2.24, 2.45) is 0 Å². The lowest BCUT2D eigenvalue weighted by Gasteiger charge is -2.48. The number of phenolic OH excluding ortho intramolecular Hbond substituents is 2. The minimum atomic E-state index is -1.80. The van der Waals surface area contributed by atoms with E-state index in [1.54, 1.807) is 13.8 Å². The van der Waals surface area contributed by atoms with E-state index >= 15 is 0 Å². The average Bonchev–Trinajstić information content (AvgIpc) is 3.13. The molecule has 0 radical (unpaired) electrons. The minimum absolute atomic E-state index is 0.0198. The predicted molar refractivity (Wildman–Crippen MR) is 198 cm³/mol. The molecule has 0 amide bonds. The summed E-state index contributed by atoms with van der Waals surface area (Å²) >= 11 is 0. The van der Waals surface area contributed by atoms with Gasteiger partial charge in [0.05, 0.1) is 60.5 Å². The third-order valence-electron chi connectivity index (χ3n) is 12.1. The Kier molecular flexibility index (Phi) is 11.6. The van der Waals surface area contributed by atoms with Gasteiger partial charge < -0.3 is 63.6 Å². The van der Waals surface area contributed by atoms with Crippen molar-refractivity contribution in [3.63, 3.8) is 0 Å². The number of methoxy groups -OCH3 is 1. The fraction of sp³-hybridized carbons (Fsp3) is 0.634.